The van der Waals surface area contributed by atoms with Crippen molar-refractivity contribution in [2.75, 3.05) is 0 Å². The fraction of sp³-hybridized carbons (Fsp3) is 0.105. The van der Waals surface area contributed by atoms with Crippen molar-refractivity contribution in [3.05, 3.63) is 83.8 Å². The van der Waals surface area contributed by atoms with Gasteiger partial charge in [0.2, 0.25) is 11.7 Å². The lowest BCUT2D eigenvalue weighted by Crippen LogP contribution is -2.23. The second kappa shape index (κ2) is 7.78. The molecule has 2 aromatic heterocycles. The van der Waals surface area contributed by atoms with Crippen molar-refractivity contribution in [3.63, 3.8) is 0 Å². The van der Waals surface area contributed by atoms with Gasteiger partial charge in [0, 0.05) is 11.1 Å². The zero-order chi connectivity index (χ0) is 19.3. The summed E-state index contributed by atoms with van der Waals surface area (Å²) in [5, 5.41) is 14.2. The van der Waals surface area contributed by atoms with Crippen LogP contribution in [0.5, 0.6) is 0 Å². The monoisotopic (exact) mass is 378 g/mol. The highest BCUT2D eigenvalue weighted by Gasteiger charge is 2.14. The van der Waals surface area contributed by atoms with Crippen LogP contribution in [-0.4, -0.2) is 31.0 Å². The number of aromatic nitrogens is 5. The first-order chi connectivity index (χ1) is 13.7. The lowest BCUT2D eigenvalue weighted by Gasteiger charge is -2.01. The first kappa shape index (κ1) is 17.5. The second-order valence-corrected chi connectivity index (χ2v) is 5.95. The molecule has 140 valence electrons. The predicted molar refractivity (Wildman–Crippen MR) is 96.4 cm³/mol. The molecule has 0 fully saturated rings. The van der Waals surface area contributed by atoms with E-state index in [0.29, 0.717) is 11.4 Å². The van der Waals surface area contributed by atoms with Gasteiger partial charge in [-0.05, 0) is 6.07 Å². The second-order valence-electron chi connectivity index (χ2n) is 5.95. The van der Waals surface area contributed by atoms with E-state index < -0.39 is 5.91 Å². The average Bonchev–Trinajstić information content (AvgIpc) is 3.38. The van der Waals surface area contributed by atoms with Crippen LogP contribution >= 0.6 is 0 Å². The SMILES string of the molecule is O=C(NCc1nc(-c2ccccc2)no1)c1cn(Cc2ccccc2F)nn1. The molecule has 1 amide bonds. The Morgan fingerprint density at radius 3 is 2.71 bits per heavy atom. The molecule has 2 aromatic carbocycles. The highest BCUT2D eigenvalue weighted by molar-refractivity contribution is 5.91. The van der Waals surface area contributed by atoms with E-state index in [-0.39, 0.29) is 30.5 Å². The average molecular weight is 378 g/mol. The molecule has 4 rings (SSSR count). The van der Waals surface area contributed by atoms with Crippen LogP contribution in [0.25, 0.3) is 11.4 Å². The van der Waals surface area contributed by atoms with E-state index in [0.717, 1.165) is 5.56 Å². The third-order valence-electron chi connectivity index (χ3n) is 3.96. The van der Waals surface area contributed by atoms with Gasteiger partial charge in [-0.15, -0.1) is 5.10 Å². The Kier molecular flexibility index (Phi) is 4.87. The Morgan fingerprint density at radius 1 is 1.11 bits per heavy atom. The van der Waals surface area contributed by atoms with Gasteiger partial charge < -0.3 is 9.84 Å². The molecule has 0 aliphatic rings. The molecular weight excluding hydrogens is 363 g/mol. The van der Waals surface area contributed by atoms with Crippen LogP contribution in [0.4, 0.5) is 4.39 Å². The topological polar surface area (TPSA) is 98.7 Å². The van der Waals surface area contributed by atoms with E-state index in [1.807, 2.05) is 30.3 Å². The smallest absolute Gasteiger partial charge is 0.273 e. The zero-order valence-electron chi connectivity index (χ0n) is 14.6. The molecule has 0 aliphatic carbocycles. The molecule has 0 aliphatic heterocycles. The minimum atomic E-state index is -0.445. The molecule has 9 heteroatoms. The summed E-state index contributed by atoms with van der Waals surface area (Å²) < 4.78 is 20.3. The summed E-state index contributed by atoms with van der Waals surface area (Å²) in [5.74, 6) is -0.0690. The van der Waals surface area contributed by atoms with E-state index in [9.17, 15) is 9.18 Å². The number of amides is 1. The molecule has 0 bridgehead atoms. The number of nitrogens with one attached hydrogen (secondary N) is 1. The highest BCUT2D eigenvalue weighted by Crippen LogP contribution is 2.14. The molecule has 1 N–H and O–H groups in total. The summed E-state index contributed by atoms with van der Waals surface area (Å²) in [5.41, 5.74) is 1.39. The van der Waals surface area contributed by atoms with E-state index >= 15 is 0 Å². The fourth-order valence-electron chi connectivity index (χ4n) is 2.56. The van der Waals surface area contributed by atoms with Crippen LogP contribution in [0.2, 0.25) is 0 Å². The summed E-state index contributed by atoms with van der Waals surface area (Å²) in [6.45, 7) is 0.232. The molecule has 0 unspecified atom stereocenters. The third-order valence-corrected chi connectivity index (χ3v) is 3.96. The maximum atomic E-state index is 13.7. The summed E-state index contributed by atoms with van der Waals surface area (Å²) in [6, 6.07) is 15.7. The van der Waals surface area contributed by atoms with Crippen molar-refractivity contribution < 1.29 is 13.7 Å². The van der Waals surface area contributed by atoms with Crippen LogP contribution in [0.1, 0.15) is 21.9 Å². The largest absolute Gasteiger partial charge is 0.342 e. The summed E-state index contributed by atoms with van der Waals surface area (Å²) >= 11 is 0. The normalized spacial score (nSPS) is 10.8. The minimum Gasteiger partial charge on any atom is -0.342 e. The maximum absolute atomic E-state index is 13.7. The van der Waals surface area contributed by atoms with Crippen LogP contribution in [0.15, 0.2) is 65.3 Å². The number of hydrogen-bond acceptors (Lipinski definition) is 6. The van der Waals surface area contributed by atoms with Crippen LogP contribution < -0.4 is 5.32 Å². The number of nitrogens with zero attached hydrogens (tertiary/aromatic N) is 5. The van der Waals surface area contributed by atoms with Crippen LogP contribution in [0, 0.1) is 5.82 Å². The van der Waals surface area contributed by atoms with Crippen molar-refractivity contribution >= 4 is 5.91 Å². The number of carbonyl (C=O) groups is 1. The third kappa shape index (κ3) is 3.93. The van der Waals surface area contributed by atoms with Gasteiger partial charge in [-0.2, -0.15) is 4.98 Å². The van der Waals surface area contributed by atoms with Gasteiger partial charge >= 0.3 is 0 Å². The minimum absolute atomic E-state index is 0.0544. The number of carbonyl (C=O) groups excluding carboxylic acids is 1. The Balaban J connectivity index is 1.36. The van der Waals surface area contributed by atoms with Crippen LogP contribution in [0.3, 0.4) is 0 Å². The van der Waals surface area contributed by atoms with Gasteiger partial charge in [-0.1, -0.05) is 58.9 Å². The molecule has 0 saturated carbocycles. The fourth-order valence-corrected chi connectivity index (χ4v) is 2.56. The number of hydrogen-bond donors (Lipinski definition) is 1. The van der Waals surface area contributed by atoms with Gasteiger partial charge in [-0.3, -0.25) is 4.79 Å². The van der Waals surface area contributed by atoms with Crippen molar-refractivity contribution in [3.8, 4) is 11.4 Å². The number of benzene rings is 2. The molecule has 0 spiro atoms. The lowest BCUT2D eigenvalue weighted by molar-refractivity contribution is 0.0941. The van der Waals surface area contributed by atoms with E-state index in [1.54, 1.807) is 18.2 Å². The highest BCUT2D eigenvalue weighted by atomic mass is 19.1. The van der Waals surface area contributed by atoms with E-state index in [2.05, 4.69) is 25.8 Å². The molecule has 8 nitrogen and oxygen atoms in total. The Bertz CT molecular complexity index is 1090. The molecule has 2 heterocycles. The molecule has 0 radical (unpaired) electrons. The van der Waals surface area contributed by atoms with E-state index in [4.69, 9.17) is 4.52 Å². The Hall–Kier alpha value is -3.88. The summed E-state index contributed by atoms with van der Waals surface area (Å²) in [7, 11) is 0. The Labute approximate surface area is 159 Å². The van der Waals surface area contributed by atoms with Crippen molar-refractivity contribution in [2.45, 2.75) is 13.1 Å². The van der Waals surface area contributed by atoms with Gasteiger partial charge in [0.15, 0.2) is 5.69 Å². The molecule has 0 saturated heterocycles. The maximum Gasteiger partial charge on any atom is 0.273 e. The number of halogens is 1. The van der Waals surface area contributed by atoms with Gasteiger partial charge in [0.25, 0.3) is 5.91 Å². The van der Waals surface area contributed by atoms with Crippen LogP contribution in [-0.2, 0) is 13.1 Å². The predicted octanol–water partition coefficient (Wildman–Crippen LogP) is 2.45. The van der Waals surface area contributed by atoms with Gasteiger partial charge in [0.05, 0.1) is 19.3 Å². The quantitative estimate of drug-likeness (QED) is 0.553. The summed E-state index contributed by atoms with van der Waals surface area (Å²) in [4.78, 5) is 16.5. The standard InChI is InChI=1S/C19H15FN6O2/c20-15-9-5-4-8-14(15)11-26-12-16(23-25-26)19(27)21-10-17-22-18(24-28-17)13-6-2-1-3-7-13/h1-9,12H,10-11H2,(H,21,27). The molecule has 4 aromatic rings. The van der Waals surface area contributed by atoms with Gasteiger partial charge in [-0.25, -0.2) is 9.07 Å². The van der Waals surface area contributed by atoms with Gasteiger partial charge in [0.1, 0.15) is 5.82 Å². The van der Waals surface area contributed by atoms with E-state index in [1.165, 1.54) is 16.9 Å². The molecule has 0 atom stereocenters. The Morgan fingerprint density at radius 2 is 1.89 bits per heavy atom. The molecular formula is C19H15FN6O2. The van der Waals surface area contributed by atoms with Crippen molar-refractivity contribution in [1.29, 1.82) is 0 Å². The molecule has 28 heavy (non-hydrogen) atoms. The first-order valence-electron chi connectivity index (χ1n) is 8.49. The van der Waals surface area contributed by atoms with Crippen molar-refractivity contribution in [2.24, 2.45) is 0 Å². The lowest BCUT2D eigenvalue weighted by atomic mass is 10.2. The summed E-state index contributed by atoms with van der Waals surface area (Å²) in [6.07, 6.45) is 1.45. The zero-order valence-corrected chi connectivity index (χ0v) is 14.6. The number of rotatable bonds is 6. The first-order valence-corrected chi connectivity index (χ1v) is 8.49. The van der Waals surface area contributed by atoms with Crippen molar-refractivity contribution in [1.82, 2.24) is 30.5 Å².